The van der Waals surface area contributed by atoms with E-state index in [1.54, 1.807) is 0 Å². The first-order chi connectivity index (χ1) is 8.61. The van der Waals surface area contributed by atoms with Crippen LogP contribution in [0.1, 0.15) is 17.5 Å². The molecule has 0 saturated carbocycles. The van der Waals surface area contributed by atoms with Crippen LogP contribution in [-0.4, -0.2) is 17.4 Å². The fraction of sp³-hybridized carbons (Fsp3) is 0.231. The molecule has 2 rings (SSSR count). The molecule has 0 aliphatic rings. The lowest BCUT2D eigenvalue weighted by molar-refractivity contribution is 0.340. The van der Waals surface area contributed by atoms with Gasteiger partial charge in [0.05, 0.1) is 17.2 Å². The molecule has 0 saturated heterocycles. The number of ether oxygens (including phenoxy) is 1. The van der Waals surface area contributed by atoms with Crippen LogP contribution in [-0.2, 0) is 0 Å². The summed E-state index contributed by atoms with van der Waals surface area (Å²) in [6.07, 6.45) is 0. The number of rotatable bonds is 4. The summed E-state index contributed by atoms with van der Waals surface area (Å²) in [5.41, 5.74) is 7.30. The monoisotopic (exact) mass is 261 g/mol. The summed E-state index contributed by atoms with van der Waals surface area (Å²) in [5, 5.41) is 8.34. The molecule has 4 nitrogen and oxygen atoms in total. The van der Waals surface area contributed by atoms with Crippen LogP contribution in [0.3, 0.4) is 0 Å². The van der Waals surface area contributed by atoms with Gasteiger partial charge in [0.25, 0.3) is 0 Å². The van der Waals surface area contributed by atoms with Crippen LogP contribution in [0.4, 0.5) is 0 Å². The Hall–Kier alpha value is -1.88. The lowest BCUT2D eigenvalue weighted by Gasteiger charge is -2.03. The Bertz CT molecular complexity index is 577. The molecule has 0 unspecified atom stereocenters. The quantitative estimate of drug-likeness (QED) is 0.656. The van der Waals surface area contributed by atoms with E-state index in [1.807, 2.05) is 38.1 Å². The zero-order valence-corrected chi connectivity index (χ0v) is 11.2. The van der Waals surface area contributed by atoms with E-state index in [9.17, 15) is 0 Å². The highest BCUT2D eigenvalue weighted by Gasteiger charge is 2.11. The predicted octanol–water partition coefficient (Wildman–Crippen LogP) is 2.80. The van der Waals surface area contributed by atoms with E-state index >= 15 is 0 Å². The van der Waals surface area contributed by atoms with E-state index in [0.29, 0.717) is 6.61 Å². The van der Waals surface area contributed by atoms with Crippen molar-refractivity contribution in [2.24, 2.45) is 5.73 Å². The first-order valence-corrected chi connectivity index (χ1v) is 6.48. The molecular formula is C13H15N3OS. The number of aromatic nitrogens is 1. The standard InChI is InChI=1S/C13H15N3OS/c1-3-17-10-6-4-5-9(7-10)13-16-8(2)11(18-13)12(14)15/h4-7H,3H2,1-2H3,(H3,14,15). The summed E-state index contributed by atoms with van der Waals surface area (Å²) in [4.78, 5) is 5.17. The van der Waals surface area contributed by atoms with E-state index in [-0.39, 0.29) is 5.84 Å². The summed E-state index contributed by atoms with van der Waals surface area (Å²) in [7, 11) is 0. The van der Waals surface area contributed by atoms with E-state index < -0.39 is 0 Å². The van der Waals surface area contributed by atoms with Crippen molar-refractivity contribution >= 4 is 17.2 Å². The van der Waals surface area contributed by atoms with Crippen molar-refractivity contribution in [3.63, 3.8) is 0 Å². The van der Waals surface area contributed by atoms with Crippen LogP contribution in [0.15, 0.2) is 24.3 Å². The Balaban J connectivity index is 2.39. The smallest absolute Gasteiger partial charge is 0.135 e. The van der Waals surface area contributed by atoms with Crippen molar-refractivity contribution < 1.29 is 4.74 Å². The molecule has 0 fully saturated rings. The second-order valence-corrected chi connectivity index (χ2v) is 4.81. The number of nitrogens with zero attached hydrogens (tertiary/aromatic N) is 1. The van der Waals surface area contributed by atoms with Crippen LogP contribution in [0.2, 0.25) is 0 Å². The zero-order chi connectivity index (χ0) is 13.1. The molecule has 3 N–H and O–H groups in total. The Kier molecular flexibility index (Phi) is 3.62. The topological polar surface area (TPSA) is 72.0 Å². The van der Waals surface area contributed by atoms with Crippen molar-refractivity contribution in [1.29, 1.82) is 5.41 Å². The molecule has 18 heavy (non-hydrogen) atoms. The van der Waals surface area contributed by atoms with Gasteiger partial charge in [0.2, 0.25) is 0 Å². The SMILES string of the molecule is CCOc1cccc(-c2nc(C)c(C(=N)N)s2)c1. The first-order valence-electron chi connectivity index (χ1n) is 5.67. The van der Waals surface area contributed by atoms with Crippen LogP contribution in [0.5, 0.6) is 5.75 Å². The fourth-order valence-electron chi connectivity index (χ4n) is 1.66. The molecule has 0 radical (unpaired) electrons. The molecule has 1 heterocycles. The van der Waals surface area contributed by atoms with Gasteiger partial charge in [-0.2, -0.15) is 0 Å². The van der Waals surface area contributed by atoms with Gasteiger partial charge in [-0.15, -0.1) is 11.3 Å². The number of aryl methyl sites for hydroxylation is 1. The Morgan fingerprint density at radius 2 is 2.28 bits per heavy atom. The highest BCUT2D eigenvalue weighted by atomic mass is 32.1. The number of hydrogen-bond donors (Lipinski definition) is 2. The third-order valence-electron chi connectivity index (χ3n) is 2.43. The second-order valence-electron chi connectivity index (χ2n) is 3.81. The maximum atomic E-state index is 7.48. The van der Waals surface area contributed by atoms with Gasteiger partial charge >= 0.3 is 0 Å². The van der Waals surface area contributed by atoms with Gasteiger partial charge in [0, 0.05) is 5.56 Å². The molecule has 0 bridgehead atoms. The number of nitrogen functional groups attached to an aromatic ring is 1. The summed E-state index contributed by atoms with van der Waals surface area (Å²) in [6, 6.07) is 7.78. The molecule has 0 aliphatic carbocycles. The molecule has 94 valence electrons. The van der Waals surface area contributed by atoms with Gasteiger partial charge in [-0.1, -0.05) is 12.1 Å². The Morgan fingerprint density at radius 3 is 2.89 bits per heavy atom. The summed E-state index contributed by atoms with van der Waals surface area (Å²) in [5.74, 6) is 0.893. The fourth-order valence-corrected chi connectivity index (χ4v) is 2.58. The lowest BCUT2D eigenvalue weighted by atomic mass is 10.2. The Labute approximate surface area is 110 Å². The van der Waals surface area contributed by atoms with Crippen LogP contribution >= 0.6 is 11.3 Å². The maximum Gasteiger partial charge on any atom is 0.135 e. The third kappa shape index (κ3) is 2.51. The second kappa shape index (κ2) is 5.18. The molecule has 5 heteroatoms. The highest BCUT2D eigenvalue weighted by Crippen LogP contribution is 2.29. The van der Waals surface area contributed by atoms with Crippen molar-refractivity contribution in [3.8, 4) is 16.3 Å². The summed E-state index contributed by atoms with van der Waals surface area (Å²) in [6.45, 7) is 4.45. The minimum Gasteiger partial charge on any atom is -0.494 e. The molecular weight excluding hydrogens is 246 g/mol. The van der Waals surface area contributed by atoms with Crippen LogP contribution < -0.4 is 10.5 Å². The normalized spacial score (nSPS) is 10.3. The predicted molar refractivity (Wildman–Crippen MR) is 74.5 cm³/mol. The van der Waals surface area contributed by atoms with E-state index in [2.05, 4.69) is 4.98 Å². The average Bonchev–Trinajstić information content (AvgIpc) is 2.72. The summed E-state index contributed by atoms with van der Waals surface area (Å²) >= 11 is 1.43. The molecule has 0 aliphatic heterocycles. The number of hydrogen-bond acceptors (Lipinski definition) is 4. The molecule has 1 aromatic heterocycles. The van der Waals surface area contributed by atoms with Gasteiger partial charge < -0.3 is 10.5 Å². The number of nitrogens with one attached hydrogen (secondary N) is 1. The Morgan fingerprint density at radius 1 is 1.50 bits per heavy atom. The molecule has 0 atom stereocenters. The highest BCUT2D eigenvalue weighted by molar-refractivity contribution is 7.17. The van der Waals surface area contributed by atoms with Gasteiger partial charge in [-0.3, -0.25) is 5.41 Å². The van der Waals surface area contributed by atoms with E-state index in [4.69, 9.17) is 15.9 Å². The van der Waals surface area contributed by atoms with Gasteiger partial charge in [-0.25, -0.2) is 4.98 Å². The maximum absolute atomic E-state index is 7.48. The molecule has 1 aromatic carbocycles. The summed E-state index contributed by atoms with van der Waals surface area (Å²) < 4.78 is 5.46. The lowest BCUT2D eigenvalue weighted by Crippen LogP contribution is -2.10. The zero-order valence-electron chi connectivity index (χ0n) is 10.4. The first kappa shape index (κ1) is 12.6. The molecule has 0 amide bonds. The van der Waals surface area contributed by atoms with Crippen molar-refractivity contribution in [2.45, 2.75) is 13.8 Å². The molecule has 0 spiro atoms. The minimum atomic E-state index is 0.0669. The minimum absolute atomic E-state index is 0.0669. The van der Waals surface area contributed by atoms with E-state index in [0.717, 1.165) is 26.9 Å². The molecule has 2 aromatic rings. The van der Waals surface area contributed by atoms with Crippen molar-refractivity contribution in [2.75, 3.05) is 6.61 Å². The largest absolute Gasteiger partial charge is 0.494 e. The number of nitrogens with two attached hydrogens (primary N) is 1. The van der Waals surface area contributed by atoms with Crippen LogP contribution in [0, 0.1) is 12.3 Å². The van der Waals surface area contributed by atoms with Gasteiger partial charge in [-0.05, 0) is 26.0 Å². The number of benzene rings is 1. The number of thiazole rings is 1. The number of amidine groups is 1. The van der Waals surface area contributed by atoms with Gasteiger partial charge in [0.1, 0.15) is 16.6 Å². The average molecular weight is 261 g/mol. The van der Waals surface area contributed by atoms with Crippen LogP contribution in [0.25, 0.3) is 10.6 Å². The third-order valence-corrected chi connectivity index (χ3v) is 3.67. The van der Waals surface area contributed by atoms with Crippen molar-refractivity contribution in [1.82, 2.24) is 4.98 Å². The van der Waals surface area contributed by atoms with Crippen molar-refractivity contribution in [3.05, 3.63) is 34.8 Å². The van der Waals surface area contributed by atoms with E-state index in [1.165, 1.54) is 11.3 Å². The van der Waals surface area contributed by atoms with Gasteiger partial charge in [0.15, 0.2) is 0 Å².